The lowest BCUT2D eigenvalue weighted by molar-refractivity contribution is 0.147. The Hall–Kier alpha value is -1.72. The zero-order valence-corrected chi connectivity index (χ0v) is 15.1. The average molecular weight is 359 g/mol. The molecule has 1 heterocycles. The molecule has 2 aromatic carbocycles. The van der Waals surface area contributed by atoms with Gasteiger partial charge in [-0.05, 0) is 42.7 Å². The van der Waals surface area contributed by atoms with E-state index < -0.39 is 12.1 Å². The van der Waals surface area contributed by atoms with Crippen molar-refractivity contribution in [2.45, 2.75) is 26.0 Å². The van der Waals surface area contributed by atoms with Gasteiger partial charge >= 0.3 is 0 Å². The van der Waals surface area contributed by atoms with Crippen molar-refractivity contribution in [3.05, 3.63) is 75.4 Å². The minimum atomic E-state index is -0.774. The van der Waals surface area contributed by atoms with Crippen molar-refractivity contribution in [2.75, 3.05) is 0 Å². The standard InChI is InChI=1S/C19H19ClN2OS/c1-11-19(24-12(2)22-11)15-5-3-14(4-6-15)18(23)17(21)13-7-9-16(20)10-8-13/h3-10,17-18,23H,21H2,1-2H3. The number of aliphatic hydroxyl groups is 1. The molecule has 3 aromatic rings. The number of hydrogen-bond acceptors (Lipinski definition) is 4. The summed E-state index contributed by atoms with van der Waals surface area (Å²) in [4.78, 5) is 5.62. The van der Waals surface area contributed by atoms with E-state index in [1.165, 1.54) is 0 Å². The van der Waals surface area contributed by atoms with Gasteiger partial charge in [0.1, 0.15) is 0 Å². The lowest BCUT2D eigenvalue weighted by Gasteiger charge is -2.20. The van der Waals surface area contributed by atoms with Gasteiger partial charge in [0, 0.05) is 5.02 Å². The molecule has 0 aliphatic carbocycles. The summed E-state index contributed by atoms with van der Waals surface area (Å²) in [6.45, 7) is 4.02. The number of nitrogens with two attached hydrogens (primary N) is 1. The van der Waals surface area contributed by atoms with Gasteiger partial charge < -0.3 is 10.8 Å². The molecule has 3 nitrogen and oxygen atoms in total. The molecule has 3 rings (SSSR count). The lowest BCUT2D eigenvalue weighted by Crippen LogP contribution is -2.19. The molecule has 5 heteroatoms. The molecular weight excluding hydrogens is 340 g/mol. The minimum absolute atomic E-state index is 0.500. The Kier molecular flexibility index (Phi) is 5.01. The van der Waals surface area contributed by atoms with Crippen molar-refractivity contribution >= 4 is 22.9 Å². The Morgan fingerprint density at radius 2 is 1.58 bits per heavy atom. The van der Waals surface area contributed by atoms with Crippen LogP contribution in [-0.4, -0.2) is 10.1 Å². The molecule has 3 N–H and O–H groups in total. The molecule has 2 unspecified atom stereocenters. The van der Waals surface area contributed by atoms with Crippen LogP contribution < -0.4 is 5.73 Å². The fourth-order valence-corrected chi connectivity index (χ4v) is 3.76. The first-order chi connectivity index (χ1) is 11.5. The molecule has 0 spiro atoms. The maximum atomic E-state index is 10.6. The number of hydrogen-bond donors (Lipinski definition) is 2. The van der Waals surface area contributed by atoms with Gasteiger partial charge in [-0.25, -0.2) is 4.98 Å². The smallest absolute Gasteiger partial charge is 0.0982 e. The Bertz CT molecular complexity index is 828. The van der Waals surface area contributed by atoms with Crippen molar-refractivity contribution in [3.8, 4) is 10.4 Å². The van der Waals surface area contributed by atoms with E-state index in [0.29, 0.717) is 5.02 Å². The van der Waals surface area contributed by atoms with E-state index in [0.717, 1.165) is 32.3 Å². The first-order valence-corrected chi connectivity index (χ1v) is 8.88. The largest absolute Gasteiger partial charge is 0.386 e. The average Bonchev–Trinajstić information content (AvgIpc) is 2.93. The second kappa shape index (κ2) is 7.03. The normalized spacial score (nSPS) is 13.7. The molecule has 0 aliphatic heterocycles. The number of aromatic nitrogens is 1. The minimum Gasteiger partial charge on any atom is -0.386 e. The van der Waals surface area contributed by atoms with Crippen LogP contribution in [0.3, 0.4) is 0 Å². The van der Waals surface area contributed by atoms with E-state index in [-0.39, 0.29) is 0 Å². The van der Waals surface area contributed by atoms with E-state index >= 15 is 0 Å². The van der Waals surface area contributed by atoms with E-state index in [1.807, 2.05) is 50.2 Å². The molecule has 0 saturated heterocycles. The molecule has 0 aliphatic rings. The number of benzene rings is 2. The maximum Gasteiger partial charge on any atom is 0.0982 e. The lowest BCUT2D eigenvalue weighted by atomic mass is 9.96. The van der Waals surface area contributed by atoms with Crippen molar-refractivity contribution in [3.63, 3.8) is 0 Å². The highest BCUT2D eigenvalue weighted by molar-refractivity contribution is 7.15. The van der Waals surface area contributed by atoms with Crippen molar-refractivity contribution in [1.29, 1.82) is 0 Å². The highest BCUT2D eigenvalue weighted by Gasteiger charge is 2.19. The van der Waals surface area contributed by atoms with Crippen LogP contribution in [0, 0.1) is 13.8 Å². The molecule has 0 fully saturated rings. The van der Waals surface area contributed by atoms with Gasteiger partial charge in [0.2, 0.25) is 0 Å². The molecular formula is C19H19ClN2OS. The van der Waals surface area contributed by atoms with Crippen LogP contribution >= 0.6 is 22.9 Å². The quantitative estimate of drug-likeness (QED) is 0.703. The van der Waals surface area contributed by atoms with Gasteiger partial charge in [-0.3, -0.25) is 0 Å². The van der Waals surface area contributed by atoms with E-state index in [9.17, 15) is 5.11 Å². The van der Waals surface area contributed by atoms with Crippen molar-refractivity contribution in [2.24, 2.45) is 5.73 Å². The van der Waals surface area contributed by atoms with E-state index in [4.69, 9.17) is 17.3 Å². The zero-order valence-electron chi connectivity index (χ0n) is 13.5. The summed E-state index contributed by atoms with van der Waals surface area (Å²) in [5.74, 6) is 0. The fourth-order valence-electron chi connectivity index (χ4n) is 2.71. The summed E-state index contributed by atoms with van der Waals surface area (Å²) in [6.07, 6.45) is -0.774. The van der Waals surface area contributed by atoms with Crippen LogP contribution in [-0.2, 0) is 0 Å². The van der Waals surface area contributed by atoms with Crippen LogP contribution in [0.4, 0.5) is 0 Å². The molecule has 0 bridgehead atoms. The molecule has 0 radical (unpaired) electrons. The van der Waals surface area contributed by atoms with Gasteiger partial charge in [-0.2, -0.15) is 0 Å². The van der Waals surface area contributed by atoms with E-state index in [1.54, 1.807) is 23.5 Å². The third-order valence-electron chi connectivity index (χ3n) is 4.01. The summed E-state index contributed by atoms with van der Waals surface area (Å²) >= 11 is 7.57. The SMILES string of the molecule is Cc1nc(C)c(-c2ccc(C(O)C(N)c3ccc(Cl)cc3)cc2)s1. The zero-order chi connectivity index (χ0) is 17.3. The predicted molar refractivity (Wildman–Crippen MR) is 100 cm³/mol. The maximum absolute atomic E-state index is 10.6. The first-order valence-electron chi connectivity index (χ1n) is 7.69. The summed E-state index contributed by atoms with van der Waals surface area (Å²) in [7, 11) is 0. The monoisotopic (exact) mass is 358 g/mol. The van der Waals surface area contributed by atoms with Gasteiger partial charge in [0.25, 0.3) is 0 Å². The Balaban J connectivity index is 1.82. The van der Waals surface area contributed by atoms with Crippen LogP contribution in [0.2, 0.25) is 5.02 Å². The number of aliphatic hydroxyl groups excluding tert-OH is 1. The molecule has 24 heavy (non-hydrogen) atoms. The van der Waals surface area contributed by atoms with Gasteiger partial charge in [0.05, 0.1) is 27.7 Å². The predicted octanol–water partition coefficient (Wildman–Crippen LogP) is 4.81. The van der Waals surface area contributed by atoms with E-state index in [2.05, 4.69) is 4.98 Å². The topological polar surface area (TPSA) is 59.1 Å². The van der Waals surface area contributed by atoms with Gasteiger partial charge in [-0.15, -0.1) is 11.3 Å². The number of aryl methyl sites for hydroxylation is 2. The summed E-state index contributed by atoms with van der Waals surface area (Å²) in [5.41, 5.74) is 9.98. The van der Waals surface area contributed by atoms with Crippen molar-refractivity contribution < 1.29 is 5.11 Å². The number of halogens is 1. The molecule has 0 amide bonds. The molecule has 2 atom stereocenters. The molecule has 1 aromatic heterocycles. The first kappa shape index (κ1) is 17.1. The van der Waals surface area contributed by atoms with Crippen LogP contribution in [0.25, 0.3) is 10.4 Å². The number of rotatable bonds is 4. The van der Waals surface area contributed by atoms with Crippen LogP contribution in [0.15, 0.2) is 48.5 Å². The van der Waals surface area contributed by atoms with Gasteiger partial charge in [-0.1, -0.05) is 48.0 Å². The Labute approximate surface area is 150 Å². The highest BCUT2D eigenvalue weighted by atomic mass is 35.5. The van der Waals surface area contributed by atoms with Crippen molar-refractivity contribution in [1.82, 2.24) is 4.98 Å². The van der Waals surface area contributed by atoms with Gasteiger partial charge in [0.15, 0.2) is 0 Å². The summed E-state index contributed by atoms with van der Waals surface area (Å²) in [5, 5.41) is 12.3. The van der Waals surface area contributed by atoms with Crippen LogP contribution in [0.5, 0.6) is 0 Å². The summed E-state index contributed by atoms with van der Waals surface area (Å²) < 4.78 is 0. The Morgan fingerprint density at radius 1 is 1.00 bits per heavy atom. The third kappa shape index (κ3) is 3.52. The Morgan fingerprint density at radius 3 is 2.12 bits per heavy atom. The molecule has 0 saturated carbocycles. The summed E-state index contributed by atoms with van der Waals surface area (Å²) in [6, 6.07) is 14.6. The second-order valence-corrected chi connectivity index (χ2v) is 7.43. The highest BCUT2D eigenvalue weighted by Crippen LogP contribution is 2.32. The van der Waals surface area contributed by atoms with Crippen LogP contribution in [0.1, 0.15) is 34.0 Å². The second-order valence-electron chi connectivity index (χ2n) is 5.79. The number of thiazole rings is 1. The fraction of sp³-hybridized carbons (Fsp3) is 0.211. The third-order valence-corrected chi connectivity index (χ3v) is 5.39. The number of nitrogens with zero attached hydrogens (tertiary/aromatic N) is 1. The molecule has 124 valence electrons.